The summed E-state index contributed by atoms with van der Waals surface area (Å²) in [6, 6.07) is 17.5. The number of rotatable bonds is 8. The number of halogens is 1. The molecule has 0 heterocycles. The average Bonchev–Trinajstić information content (AvgIpc) is 3.23. The van der Waals surface area contributed by atoms with Crippen molar-refractivity contribution in [3.05, 3.63) is 64.6 Å². The molecule has 1 atom stereocenters. The highest BCUT2D eigenvalue weighted by atomic mass is 79.9. The van der Waals surface area contributed by atoms with E-state index in [1.165, 1.54) is 11.8 Å². The Morgan fingerprint density at radius 1 is 1.14 bits per heavy atom. The highest BCUT2D eigenvalue weighted by molar-refractivity contribution is 9.10. The van der Waals surface area contributed by atoms with Gasteiger partial charge in [0.15, 0.2) is 0 Å². The second kappa shape index (κ2) is 10.8. The van der Waals surface area contributed by atoms with Crippen LogP contribution >= 0.6 is 27.7 Å². The molecule has 3 rings (SSSR count). The maximum atomic E-state index is 13.1. The summed E-state index contributed by atoms with van der Waals surface area (Å²) in [5.41, 5.74) is 0.998. The summed E-state index contributed by atoms with van der Waals surface area (Å²) >= 11 is 4.99. The predicted octanol–water partition coefficient (Wildman–Crippen LogP) is 5.02. The molecular formula is C23H27BrN2O2S. The van der Waals surface area contributed by atoms with E-state index in [2.05, 4.69) is 21.2 Å². The van der Waals surface area contributed by atoms with Crippen LogP contribution in [0.3, 0.4) is 0 Å². The van der Waals surface area contributed by atoms with Gasteiger partial charge in [0.1, 0.15) is 6.04 Å². The number of nitrogens with zero attached hydrogens (tertiary/aromatic N) is 1. The zero-order valence-electron chi connectivity index (χ0n) is 16.6. The number of nitrogens with one attached hydrogen (secondary N) is 1. The zero-order chi connectivity index (χ0) is 20.6. The normalized spacial score (nSPS) is 15.1. The smallest absolute Gasteiger partial charge is 0.242 e. The number of hydrogen-bond donors (Lipinski definition) is 1. The SMILES string of the molecule is CC(C(=O)NC1CCCC1)N(Cc1cccc(Br)c1)C(=O)CSc1ccccc1. The van der Waals surface area contributed by atoms with E-state index in [0.717, 1.165) is 40.6 Å². The fourth-order valence-corrected chi connectivity index (χ4v) is 4.80. The van der Waals surface area contributed by atoms with E-state index in [1.807, 2.05) is 61.5 Å². The number of carbonyl (C=O) groups excluding carboxylic acids is 2. The van der Waals surface area contributed by atoms with Gasteiger partial charge in [0.25, 0.3) is 0 Å². The quantitative estimate of drug-likeness (QED) is 0.546. The highest BCUT2D eigenvalue weighted by Crippen LogP contribution is 2.21. The van der Waals surface area contributed by atoms with Crippen LogP contribution in [0, 0.1) is 0 Å². The van der Waals surface area contributed by atoms with Crippen LogP contribution in [-0.4, -0.2) is 34.6 Å². The molecule has 1 unspecified atom stereocenters. The Morgan fingerprint density at radius 3 is 2.55 bits per heavy atom. The molecule has 0 saturated heterocycles. The van der Waals surface area contributed by atoms with Gasteiger partial charge in [0.05, 0.1) is 5.75 Å². The summed E-state index contributed by atoms with van der Waals surface area (Å²) < 4.78 is 0.962. The van der Waals surface area contributed by atoms with Crippen molar-refractivity contribution in [3.8, 4) is 0 Å². The van der Waals surface area contributed by atoms with Gasteiger partial charge in [-0.1, -0.05) is 59.1 Å². The predicted molar refractivity (Wildman–Crippen MR) is 122 cm³/mol. The molecule has 29 heavy (non-hydrogen) atoms. The molecule has 1 N–H and O–H groups in total. The Labute approximate surface area is 185 Å². The summed E-state index contributed by atoms with van der Waals surface area (Å²) in [7, 11) is 0. The average molecular weight is 475 g/mol. The molecule has 1 aliphatic rings. The van der Waals surface area contributed by atoms with Crippen LogP contribution in [0.25, 0.3) is 0 Å². The van der Waals surface area contributed by atoms with Crippen LogP contribution in [0.2, 0.25) is 0 Å². The molecule has 154 valence electrons. The van der Waals surface area contributed by atoms with Gasteiger partial charge in [-0.2, -0.15) is 0 Å². The Balaban J connectivity index is 1.70. The minimum atomic E-state index is -0.515. The number of thioether (sulfide) groups is 1. The van der Waals surface area contributed by atoms with Gasteiger partial charge in [0.2, 0.25) is 11.8 Å². The summed E-state index contributed by atoms with van der Waals surface area (Å²) in [5, 5.41) is 3.14. The van der Waals surface area contributed by atoms with Crippen molar-refractivity contribution >= 4 is 39.5 Å². The van der Waals surface area contributed by atoms with Gasteiger partial charge in [-0.05, 0) is 49.6 Å². The molecule has 0 aromatic heterocycles. The van der Waals surface area contributed by atoms with Crippen LogP contribution in [0.15, 0.2) is 64.0 Å². The van der Waals surface area contributed by atoms with Gasteiger partial charge in [0, 0.05) is 22.0 Å². The molecular weight excluding hydrogens is 448 g/mol. The van der Waals surface area contributed by atoms with E-state index in [1.54, 1.807) is 4.90 Å². The van der Waals surface area contributed by atoms with Crippen LogP contribution in [0.5, 0.6) is 0 Å². The van der Waals surface area contributed by atoms with Crippen molar-refractivity contribution in [1.29, 1.82) is 0 Å². The molecule has 2 aromatic rings. The fourth-order valence-electron chi connectivity index (χ4n) is 3.55. The lowest BCUT2D eigenvalue weighted by Crippen LogP contribution is -2.50. The maximum Gasteiger partial charge on any atom is 0.242 e. The van der Waals surface area contributed by atoms with Crippen LogP contribution in [0.4, 0.5) is 0 Å². The van der Waals surface area contributed by atoms with Crippen LogP contribution in [0.1, 0.15) is 38.2 Å². The number of amides is 2. The highest BCUT2D eigenvalue weighted by Gasteiger charge is 2.28. The van der Waals surface area contributed by atoms with Crippen LogP contribution in [-0.2, 0) is 16.1 Å². The van der Waals surface area contributed by atoms with Gasteiger partial charge < -0.3 is 10.2 Å². The van der Waals surface area contributed by atoms with Crippen molar-refractivity contribution in [3.63, 3.8) is 0 Å². The lowest BCUT2D eigenvalue weighted by atomic mass is 10.1. The first-order valence-corrected chi connectivity index (χ1v) is 11.8. The van der Waals surface area contributed by atoms with Gasteiger partial charge in [-0.15, -0.1) is 11.8 Å². The van der Waals surface area contributed by atoms with E-state index in [-0.39, 0.29) is 17.9 Å². The Bertz CT molecular complexity index is 825. The third-order valence-corrected chi connectivity index (χ3v) is 6.71. The molecule has 6 heteroatoms. The van der Waals surface area contributed by atoms with Crippen LogP contribution < -0.4 is 5.32 Å². The second-order valence-electron chi connectivity index (χ2n) is 7.42. The molecule has 4 nitrogen and oxygen atoms in total. The second-order valence-corrected chi connectivity index (χ2v) is 9.38. The third kappa shape index (κ3) is 6.61. The fraction of sp³-hybridized carbons (Fsp3) is 0.391. The Morgan fingerprint density at radius 2 is 1.86 bits per heavy atom. The summed E-state index contributed by atoms with van der Waals surface area (Å²) in [6.07, 6.45) is 4.38. The van der Waals surface area contributed by atoms with E-state index < -0.39 is 6.04 Å². The summed E-state index contributed by atoms with van der Waals surface area (Å²) in [5.74, 6) is 0.205. The van der Waals surface area contributed by atoms with Gasteiger partial charge >= 0.3 is 0 Å². The standard InChI is InChI=1S/C23H27BrN2O2S/c1-17(23(28)25-20-10-5-6-11-20)26(15-18-8-7-9-19(24)14-18)22(27)16-29-21-12-3-2-4-13-21/h2-4,7-9,12-14,17,20H,5-6,10-11,15-16H2,1H3,(H,25,28). The minimum Gasteiger partial charge on any atom is -0.352 e. The van der Waals surface area contributed by atoms with E-state index in [4.69, 9.17) is 0 Å². The van der Waals surface area contributed by atoms with Crippen molar-refractivity contribution in [2.24, 2.45) is 0 Å². The zero-order valence-corrected chi connectivity index (χ0v) is 19.0. The lowest BCUT2D eigenvalue weighted by molar-refractivity contribution is -0.138. The first kappa shape index (κ1) is 21.9. The molecule has 1 fully saturated rings. The number of benzene rings is 2. The largest absolute Gasteiger partial charge is 0.352 e. The van der Waals surface area contributed by atoms with Gasteiger partial charge in [-0.3, -0.25) is 9.59 Å². The van der Waals surface area contributed by atoms with E-state index in [0.29, 0.717) is 12.3 Å². The Kier molecular flexibility index (Phi) is 8.19. The van der Waals surface area contributed by atoms with E-state index in [9.17, 15) is 9.59 Å². The molecule has 0 spiro atoms. The van der Waals surface area contributed by atoms with Crippen molar-refractivity contribution in [2.75, 3.05) is 5.75 Å². The molecule has 1 saturated carbocycles. The maximum absolute atomic E-state index is 13.1. The van der Waals surface area contributed by atoms with Crippen molar-refractivity contribution < 1.29 is 9.59 Å². The lowest BCUT2D eigenvalue weighted by Gasteiger charge is -2.29. The molecule has 2 aromatic carbocycles. The third-order valence-electron chi connectivity index (χ3n) is 5.22. The molecule has 1 aliphatic carbocycles. The first-order valence-electron chi connectivity index (χ1n) is 10.0. The monoisotopic (exact) mass is 474 g/mol. The summed E-state index contributed by atoms with van der Waals surface area (Å²) in [4.78, 5) is 28.7. The van der Waals surface area contributed by atoms with Crippen molar-refractivity contribution in [2.45, 2.75) is 56.1 Å². The molecule has 0 aliphatic heterocycles. The van der Waals surface area contributed by atoms with Crippen molar-refractivity contribution in [1.82, 2.24) is 10.2 Å². The number of carbonyl (C=O) groups is 2. The van der Waals surface area contributed by atoms with Gasteiger partial charge in [-0.25, -0.2) is 0 Å². The van der Waals surface area contributed by atoms with E-state index >= 15 is 0 Å². The first-order chi connectivity index (χ1) is 14.0. The number of hydrogen-bond acceptors (Lipinski definition) is 3. The molecule has 0 radical (unpaired) electrons. The summed E-state index contributed by atoms with van der Waals surface area (Å²) in [6.45, 7) is 2.24. The molecule has 2 amide bonds. The Hall–Kier alpha value is -1.79. The topological polar surface area (TPSA) is 49.4 Å². The minimum absolute atomic E-state index is 0.0344. The molecule has 0 bridgehead atoms.